The predicted molar refractivity (Wildman–Crippen MR) is 103 cm³/mol. The fraction of sp³-hybridized carbons (Fsp3) is 0.476. The molecule has 5 atom stereocenters. The fourth-order valence-corrected chi connectivity index (χ4v) is 3.75. The molecular weight excluding hydrogens is 378 g/mol. The molecule has 156 valence electrons. The molecule has 0 N–H and O–H groups in total. The number of hydrogen-bond donors (Lipinski definition) is 0. The van der Waals surface area contributed by atoms with E-state index >= 15 is 0 Å². The van der Waals surface area contributed by atoms with Crippen molar-refractivity contribution in [1.29, 1.82) is 0 Å². The molecule has 2 aromatic rings. The summed E-state index contributed by atoms with van der Waals surface area (Å²) in [5, 5.41) is 0.983. The smallest absolute Gasteiger partial charge is 0.303 e. The fourth-order valence-electron chi connectivity index (χ4n) is 3.75. The minimum absolute atomic E-state index is 0.498. The van der Waals surface area contributed by atoms with Gasteiger partial charge < -0.3 is 23.5 Å². The quantitative estimate of drug-likeness (QED) is 0.560. The number of carbonyl (C=O) groups excluding carboxylic acids is 3. The number of benzene rings is 1. The third-order valence-corrected chi connectivity index (χ3v) is 4.82. The van der Waals surface area contributed by atoms with Crippen LogP contribution in [0.15, 0.2) is 36.5 Å². The van der Waals surface area contributed by atoms with Gasteiger partial charge in [0.25, 0.3) is 0 Å². The molecule has 0 saturated carbocycles. The zero-order valence-corrected chi connectivity index (χ0v) is 16.9. The number of nitrogens with zero attached hydrogens (tertiary/aromatic N) is 1. The maximum absolute atomic E-state index is 11.9. The molecule has 1 fully saturated rings. The number of hydrogen-bond acceptors (Lipinski definition) is 7. The van der Waals surface area contributed by atoms with Gasteiger partial charge in [-0.15, -0.1) is 0 Å². The van der Waals surface area contributed by atoms with Gasteiger partial charge in [0.2, 0.25) is 0 Å². The topological polar surface area (TPSA) is 93.1 Å². The number of rotatable bonds is 5. The summed E-state index contributed by atoms with van der Waals surface area (Å²) in [7, 11) is 0. The van der Waals surface area contributed by atoms with Crippen LogP contribution in [0.25, 0.3) is 10.9 Å². The highest BCUT2D eigenvalue weighted by Gasteiger charge is 2.51. The molecular formula is C21H25NO7. The van der Waals surface area contributed by atoms with Gasteiger partial charge in [0, 0.05) is 27.0 Å². The van der Waals surface area contributed by atoms with E-state index in [1.54, 1.807) is 0 Å². The number of ether oxygens (including phenoxy) is 4. The minimum Gasteiger partial charge on any atom is -0.456 e. The summed E-state index contributed by atoms with van der Waals surface area (Å²) in [6.45, 7) is 5.67. The van der Waals surface area contributed by atoms with Gasteiger partial charge in [0.05, 0.1) is 5.52 Å². The van der Waals surface area contributed by atoms with E-state index in [1.807, 2.05) is 48.0 Å². The van der Waals surface area contributed by atoms with Crippen molar-refractivity contribution in [3.8, 4) is 0 Å². The summed E-state index contributed by atoms with van der Waals surface area (Å²) in [6, 6.07) is 9.61. The van der Waals surface area contributed by atoms with Gasteiger partial charge >= 0.3 is 17.9 Å². The number of fused-ring (bicyclic) bond motifs is 1. The van der Waals surface area contributed by atoms with Gasteiger partial charge in [-0.25, -0.2) is 0 Å². The Balaban J connectivity index is 2.09. The molecule has 1 aromatic heterocycles. The zero-order chi connectivity index (χ0) is 21.1. The Morgan fingerprint density at radius 2 is 1.48 bits per heavy atom. The first kappa shape index (κ1) is 20.9. The van der Waals surface area contributed by atoms with Crippen molar-refractivity contribution in [2.45, 2.75) is 64.8 Å². The highest BCUT2D eigenvalue weighted by molar-refractivity contribution is 5.80. The van der Waals surface area contributed by atoms with Crippen LogP contribution in [0.5, 0.6) is 0 Å². The van der Waals surface area contributed by atoms with Gasteiger partial charge in [-0.1, -0.05) is 25.1 Å². The first-order valence-corrected chi connectivity index (χ1v) is 9.54. The molecule has 8 heteroatoms. The highest BCUT2D eigenvalue weighted by Crippen LogP contribution is 2.37. The maximum atomic E-state index is 11.9. The molecule has 2 heterocycles. The highest BCUT2D eigenvalue weighted by atomic mass is 16.7. The Labute approximate surface area is 168 Å². The van der Waals surface area contributed by atoms with E-state index in [2.05, 4.69) is 0 Å². The number of carbonyl (C=O) groups is 3. The number of aromatic nitrogens is 1. The van der Waals surface area contributed by atoms with Crippen LogP contribution in [0.2, 0.25) is 0 Å². The van der Waals surface area contributed by atoms with Gasteiger partial charge in [-0.3, -0.25) is 14.4 Å². The van der Waals surface area contributed by atoms with Crippen molar-refractivity contribution >= 4 is 28.8 Å². The lowest BCUT2D eigenvalue weighted by atomic mass is 9.95. The van der Waals surface area contributed by atoms with Crippen LogP contribution in [0.4, 0.5) is 0 Å². The normalized spacial score (nSPS) is 26.7. The van der Waals surface area contributed by atoms with Crippen molar-refractivity contribution in [3.05, 3.63) is 36.5 Å². The van der Waals surface area contributed by atoms with Crippen molar-refractivity contribution < 1.29 is 33.3 Å². The van der Waals surface area contributed by atoms with Crippen molar-refractivity contribution in [2.75, 3.05) is 0 Å². The SMILES string of the molecule is CC[C@H]1OC(n2ccc3ccccc32)[C@H](OC(C)=O)[C@@H](OC(C)=O)[C@@H]1OC(C)=O. The predicted octanol–water partition coefficient (Wildman–Crippen LogP) is 2.74. The summed E-state index contributed by atoms with van der Waals surface area (Å²) >= 11 is 0. The molecule has 1 aliphatic rings. The lowest BCUT2D eigenvalue weighted by molar-refractivity contribution is -0.262. The maximum Gasteiger partial charge on any atom is 0.303 e. The summed E-state index contributed by atoms with van der Waals surface area (Å²) in [5.74, 6) is -1.67. The largest absolute Gasteiger partial charge is 0.456 e. The third-order valence-electron chi connectivity index (χ3n) is 4.82. The minimum atomic E-state index is -1.01. The van der Waals surface area contributed by atoms with Crippen molar-refractivity contribution in [1.82, 2.24) is 4.57 Å². The van der Waals surface area contributed by atoms with Crippen LogP contribution in [-0.4, -0.2) is 46.9 Å². The molecule has 3 rings (SSSR count). The second-order valence-corrected chi connectivity index (χ2v) is 6.98. The Hall–Kier alpha value is -2.87. The van der Waals surface area contributed by atoms with Crippen LogP contribution < -0.4 is 0 Å². The van der Waals surface area contributed by atoms with Gasteiger partial charge in [-0.05, 0) is 23.9 Å². The number of para-hydroxylation sites is 1. The average Bonchev–Trinajstić information content (AvgIpc) is 3.07. The van der Waals surface area contributed by atoms with E-state index in [0.717, 1.165) is 10.9 Å². The lowest BCUT2D eigenvalue weighted by Crippen LogP contribution is -2.59. The standard InChI is InChI=1S/C21H25NO7/c1-5-17-18(26-12(2)23)19(27-13(3)24)20(28-14(4)25)21(29-17)22-11-10-15-8-6-7-9-16(15)22/h6-11,17-21H,5H2,1-4H3/t17-,18-,19+,20-,21?/m1/s1. The van der Waals surface area contributed by atoms with Crippen LogP contribution in [0.1, 0.15) is 40.3 Å². The Kier molecular flexibility index (Phi) is 6.22. The van der Waals surface area contributed by atoms with Gasteiger partial charge in [0.1, 0.15) is 6.10 Å². The second kappa shape index (κ2) is 8.65. The first-order chi connectivity index (χ1) is 13.8. The molecule has 0 aliphatic carbocycles. The van der Waals surface area contributed by atoms with Crippen LogP contribution in [0, 0.1) is 0 Å². The molecule has 1 unspecified atom stereocenters. The Morgan fingerprint density at radius 3 is 2.10 bits per heavy atom. The van der Waals surface area contributed by atoms with Crippen LogP contribution in [-0.2, 0) is 33.3 Å². The van der Waals surface area contributed by atoms with Gasteiger partial charge in [0.15, 0.2) is 24.5 Å². The van der Waals surface area contributed by atoms with E-state index in [1.165, 1.54) is 20.8 Å². The van der Waals surface area contributed by atoms with Crippen molar-refractivity contribution in [3.63, 3.8) is 0 Å². The summed E-state index contributed by atoms with van der Waals surface area (Å²) in [4.78, 5) is 35.4. The zero-order valence-electron chi connectivity index (χ0n) is 16.9. The average molecular weight is 403 g/mol. The molecule has 0 amide bonds. The monoisotopic (exact) mass is 403 g/mol. The second-order valence-electron chi connectivity index (χ2n) is 6.98. The molecule has 0 bridgehead atoms. The molecule has 1 aliphatic heterocycles. The number of esters is 3. The molecule has 8 nitrogen and oxygen atoms in total. The van der Waals surface area contributed by atoms with Crippen molar-refractivity contribution in [2.24, 2.45) is 0 Å². The molecule has 1 aromatic carbocycles. The van der Waals surface area contributed by atoms with Crippen LogP contribution >= 0.6 is 0 Å². The molecule has 1 saturated heterocycles. The van der Waals surface area contributed by atoms with E-state index < -0.39 is 48.6 Å². The first-order valence-electron chi connectivity index (χ1n) is 9.54. The molecule has 0 radical (unpaired) electrons. The lowest BCUT2D eigenvalue weighted by Gasteiger charge is -2.45. The van der Waals surface area contributed by atoms with E-state index in [9.17, 15) is 14.4 Å². The Morgan fingerprint density at radius 1 is 0.897 bits per heavy atom. The summed E-state index contributed by atoms with van der Waals surface area (Å²) in [5.41, 5.74) is 0.872. The molecule has 0 spiro atoms. The van der Waals surface area contributed by atoms with Crippen LogP contribution in [0.3, 0.4) is 0 Å². The van der Waals surface area contributed by atoms with Gasteiger partial charge in [-0.2, -0.15) is 0 Å². The van der Waals surface area contributed by atoms with E-state index in [0.29, 0.717) is 6.42 Å². The summed E-state index contributed by atoms with van der Waals surface area (Å²) in [6.07, 6.45) is -1.90. The third kappa shape index (κ3) is 4.42. The Bertz CT molecular complexity index is 905. The summed E-state index contributed by atoms with van der Waals surface area (Å²) < 4.78 is 24.6. The van der Waals surface area contributed by atoms with E-state index in [4.69, 9.17) is 18.9 Å². The molecule has 29 heavy (non-hydrogen) atoms. The van der Waals surface area contributed by atoms with E-state index in [-0.39, 0.29) is 0 Å².